The second kappa shape index (κ2) is 6.78. The summed E-state index contributed by atoms with van der Waals surface area (Å²) in [5.74, 6) is 1.80. The summed E-state index contributed by atoms with van der Waals surface area (Å²) in [6.07, 6.45) is 1.74. The summed E-state index contributed by atoms with van der Waals surface area (Å²) in [6.45, 7) is 0.384. The van der Waals surface area contributed by atoms with Crippen molar-refractivity contribution < 1.29 is 9.47 Å². The highest BCUT2D eigenvalue weighted by Gasteiger charge is 2.06. The van der Waals surface area contributed by atoms with Crippen molar-refractivity contribution in [3.05, 3.63) is 52.3 Å². The molecule has 0 unspecified atom stereocenters. The Kier molecular flexibility index (Phi) is 5.05. The van der Waals surface area contributed by atoms with Crippen LogP contribution in [0.3, 0.4) is 0 Å². The zero-order valence-corrected chi connectivity index (χ0v) is 12.7. The second-order valence-electron chi connectivity index (χ2n) is 3.88. The standard InChI is InChI=1S/C14H13BrClNO2/c1-18-13-5-2-10(7-16)6-14(13)19-9-12-4-3-11(15)8-17-12/h2-6,8H,7,9H2,1H3. The Morgan fingerprint density at radius 1 is 1.21 bits per heavy atom. The normalized spacial score (nSPS) is 10.3. The lowest BCUT2D eigenvalue weighted by Crippen LogP contribution is -2.00. The Hall–Kier alpha value is -1.26. The Labute approximate surface area is 125 Å². The maximum atomic E-state index is 5.82. The van der Waals surface area contributed by atoms with Gasteiger partial charge in [0.2, 0.25) is 0 Å². The molecule has 0 spiro atoms. The lowest BCUT2D eigenvalue weighted by Gasteiger charge is -2.11. The fourth-order valence-electron chi connectivity index (χ4n) is 1.56. The quantitative estimate of drug-likeness (QED) is 0.764. The minimum absolute atomic E-state index is 0.384. The number of pyridine rings is 1. The van der Waals surface area contributed by atoms with Crippen molar-refractivity contribution in [3.63, 3.8) is 0 Å². The molecule has 0 aliphatic heterocycles. The Morgan fingerprint density at radius 2 is 2.05 bits per heavy atom. The van der Waals surface area contributed by atoms with Crippen LogP contribution in [0.25, 0.3) is 0 Å². The number of alkyl halides is 1. The minimum atomic E-state index is 0.384. The molecule has 2 rings (SSSR count). The molecular formula is C14H13BrClNO2. The molecule has 3 nitrogen and oxygen atoms in total. The molecule has 0 aliphatic carbocycles. The highest BCUT2D eigenvalue weighted by Crippen LogP contribution is 2.29. The van der Waals surface area contributed by atoms with Gasteiger partial charge in [-0.05, 0) is 45.8 Å². The molecule has 0 N–H and O–H groups in total. The van der Waals surface area contributed by atoms with Crippen molar-refractivity contribution in [3.8, 4) is 11.5 Å². The maximum absolute atomic E-state index is 5.82. The van der Waals surface area contributed by atoms with Crippen LogP contribution in [0.1, 0.15) is 11.3 Å². The van der Waals surface area contributed by atoms with Crippen LogP contribution in [0.4, 0.5) is 0 Å². The first kappa shape index (κ1) is 14.2. The summed E-state index contributed by atoms with van der Waals surface area (Å²) in [4.78, 5) is 4.25. The van der Waals surface area contributed by atoms with E-state index in [-0.39, 0.29) is 0 Å². The van der Waals surface area contributed by atoms with Gasteiger partial charge in [-0.25, -0.2) is 0 Å². The van der Waals surface area contributed by atoms with Crippen molar-refractivity contribution in [2.45, 2.75) is 12.5 Å². The molecule has 19 heavy (non-hydrogen) atoms. The van der Waals surface area contributed by atoms with Crippen molar-refractivity contribution in [2.24, 2.45) is 0 Å². The Morgan fingerprint density at radius 3 is 2.68 bits per heavy atom. The first-order chi connectivity index (χ1) is 9.22. The van der Waals surface area contributed by atoms with Gasteiger partial charge in [-0.1, -0.05) is 6.07 Å². The highest BCUT2D eigenvalue weighted by molar-refractivity contribution is 9.10. The zero-order chi connectivity index (χ0) is 13.7. The molecule has 0 atom stereocenters. The van der Waals surface area contributed by atoms with Gasteiger partial charge in [-0.15, -0.1) is 11.6 Å². The number of ether oxygens (including phenoxy) is 2. The van der Waals surface area contributed by atoms with Crippen molar-refractivity contribution in [1.29, 1.82) is 0 Å². The summed E-state index contributed by atoms with van der Waals surface area (Å²) in [5.41, 5.74) is 1.84. The summed E-state index contributed by atoms with van der Waals surface area (Å²) in [5, 5.41) is 0. The lowest BCUT2D eigenvalue weighted by atomic mass is 10.2. The zero-order valence-electron chi connectivity index (χ0n) is 10.4. The second-order valence-corrected chi connectivity index (χ2v) is 5.06. The molecule has 1 aromatic heterocycles. The van der Waals surface area contributed by atoms with Gasteiger partial charge in [0.15, 0.2) is 11.5 Å². The van der Waals surface area contributed by atoms with Crippen molar-refractivity contribution in [2.75, 3.05) is 7.11 Å². The molecule has 0 fully saturated rings. The minimum Gasteiger partial charge on any atom is -0.493 e. The van der Waals surface area contributed by atoms with Crippen LogP contribution in [0, 0.1) is 0 Å². The number of hydrogen-bond donors (Lipinski definition) is 0. The molecular weight excluding hydrogens is 330 g/mol. The largest absolute Gasteiger partial charge is 0.493 e. The number of nitrogens with zero attached hydrogens (tertiary/aromatic N) is 1. The monoisotopic (exact) mass is 341 g/mol. The topological polar surface area (TPSA) is 31.4 Å². The van der Waals surface area contributed by atoms with E-state index >= 15 is 0 Å². The summed E-state index contributed by atoms with van der Waals surface area (Å²) in [6, 6.07) is 9.48. The van der Waals surface area contributed by atoms with E-state index in [1.54, 1.807) is 13.3 Å². The predicted molar refractivity (Wildman–Crippen MR) is 78.8 cm³/mol. The molecule has 1 heterocycles. The fourth-order valence-corrected chi connectivity index (χ4v) is 1.96. The number of rotatable bonds is 5. The van der Waals surface area contributed by atoms with Gasteiger partial charge in [0, 0.05) is 16.5 Å². The van der Waals surface area contributed by atoms with E-state index in [2.05, 4.69) is 20.9 Å². The van der Waals surface area contributed by atoms with Crippen LogP contribution in [0.5, 0.6) is 11.5 Å². The van der Waals surface area contributed by atoms with Gasteiger partial charge in [0.05, 0.1) is 12.8 Å². The third kappa shape index (κ3) is 3.85. The summed E-state index contributed by atoms with van der Waals surface area (Å²) >= 11 is 9.16. The predicted octanol–water partition coefficient (Wildman–Crippen LogP) is 4.17. The van der Waals surface area contributed by atoms with Gasteiger partial charge in [0.25, 0.3) is 0 Å². The first-order valence-corrected chi connectivity index (χ1v) is 7.02. The van der Waals surface area contributed by atoms with Crippen LogP contribution in [-0.2, 0) is 12.5 Å². The molecule has 0 aliphatic rings. The molecule has 0 amide bonds. The molecule has 100 valence electrons. The maximum Gasteiger partial charge on any atom is 0.162 e. The van der Waals surface area contributed by atoms with Crippen LogP contribution in [0.2, 0.25) is 0 Å². The lowest BCUT2D eigenvalue weighted by molar-refractivity contribution is 0.280. The van der Waals surface area contributed by atoms with E-state index in [1.165, 1.54) is 0 Å². The van der Waals surface area contributed by atoms with Gasteiger partial charge >= 0.3 is 0 Å². The van der Waals surface area contributed by atoms with E-state index in [4.69, 9.17) is 21.1 Å². The molecule has 2 aromatic rings. The van der Waals surface area contributed by atoms with E-state index in [9.17, 15) is 0 Å². The van der Waals surface area contributed by atoms with E-state index in [0.717, 1.165) is 15.7 Å². The molecule has 0 radical (unpaired) electrons. The highest BCUT2D eigenvalue weighted by atomic mass is 79.9. The number of benzene rings is 1. The average Bonchev–Trinajstić information content (AvgIpc) is 2.46. The van der Waals surface area contributed by atoms with Crippen LogP contribution < -0.4 is 9.47 Å². The van der Waals surface area contributed by atoms with Crippen molar-refractivity contribution in [1.82, 2.24) is 4.98 Å². The smallest absolute Gasteiger partial charge is 0.162 e. The third-order valence-corrected chi connectivity index (χ3v) is 3.32. The van der Waals surface area contributed by atoms with E-state index < -0.39 is 0 Å². The van der Waals surface area contributed by atoms with Crippen molar-refractivity contribution >= 4 is 27.5 Å². The molecule has 1 aromatic carbocycles. The Balaban J connectivity index is 2.11. The van der Waals surface area contributed by atoms with Crippen LogP contribution >= 0.6 is 27.5 Å². The first-order valence-electron chi connectivity index (χ1n) is 5.69. The number of methoxy groups -OCH3 is 1. The van der Waals surface area contributed by atoms with Crippen LogP contribution in [0.15, 0.2) is 41.0 Å². The summed E-state index contributed by atoms with van der Waals surface area (Å²) < 4.78 is 11.9. The molecule has 0 saturated heterocycles. The fraction of sp³-hybridized carbons (Fsp3) is 0.214. The molecule has 0 bridgehead atoms. The van der Waals surface area contributed by atoms with E-state index in [1.807, 2.05) is 30.3 Å². The number of aromatic nitrogens is 1. The SMILES string of the molecule is COc1ccc(CCl)cc1OCc1ccc(Br)cn1. The molecule has 0 saturated carbocycles. The van der Waals surface area contributed by atoms with Gasteiger partial charge in [-0.3, -0.25) is 4.98 Å². The van der Waals surface area contributed by atoms with Gasteiger partial charge in [0.1, 0.15) is 6.61 Å². The number of halogens is 2. The van der Waals surface area contributed by atoms with Gasteiger partial charge in [-0.2, -0.15) is 0 Å². The van der Waals surface area contributed by atoms with Crippen LogP contribution in [-0.4, -0.2) is 12.1 Å². The average molecular weight is 343 g/mol. The van der Waals surface area contributed by atoms with E-state index in [0.29, 0.717) is 24.0 Å². The molecule has 5 heteroatoms. The Bertz CT molecular complexity index is 546. The number of hydrogen-bond acceptors (Lipinski definition) is 3. The third-order valence-electron chi connectivity index (χ3n) is 2.55. The summed E-state index contributed by atoms with van der Waals surface area (Å²) in [7, 11) is 1.61. The van der Waals surface area contributed by atoms with Gasteiger partial charge < -0.3 is 9.47 Å².